The molecule has 0 spiro atoms. The van der Waals surface area contributed by atoms with Crippen LogP contribution in [0.4, 0.5) is 13.2 Å². The molecule has 0 saturated heterocycles. The molecular weight excluding hydrogens is 281 g/mol. The number of carbonyl (C=O) groups is 1. The number of hydrogen-bond donors (Lipinski definition) is 0. The van der Waals surface area contributed by atoms with Gasteiger partial charge in [0.05, 0.1) is 6.20 Å². The second-order valence-electron chi connectivity index (χ2n) is 3.89. The van der Waals surface area contributed by atoms with Gasteiger partial charge < -0.3 is 0 Å². The molecule has 2 aromatic rings. The first-order chi connectivity index (χ1) is 8.89. The van der Waals surface area contributed by atoms with Gasteiger partial charge in [-0.15, -0.1) is 0 Å². The molecule has 1 heterocycles. The lowest BCUT2D eigenvalue weighted by molar-refractivity contribution is -0.142. The van der Waals surface area contributed by atoms with Crippen LogP contribution in [0.5, 0.6) is 0 Å². The fourth-order valence-corrected chi connectivity index (χ4v) is 1.83. The molecule has 0 radical (unpaired) electrons. The van der Waals surface area contributed by atoms with Crippen LogP contribution in [0.25, 0.3) is 11.1 Å². The van der Waals surface area contributed by atoms with E-state index in [1.54, 1.807) is 0 Å². The smallest absolute Gasteiger partial charge is 0.298 e. The summed E-state index contributed by atoms with van der Waals surface area (Å²) in [6.45, 7) is -1.18. The van der Waals surface area contributed by atoms with Gasteiger partial charge in [-0.1, -0.05) is 11.6 Å². The molecule has 7 heteroatoms. The molecule has 0 bridgehead atoms. The average molecular weight is 289 g/mol. The molecule has 0 unspecified atom stereocenters. The van der Waals surface area contributed by atoms with E-state index in [0.717, 1.165) is 4.68 Å². The van der Waals surface area contributed by atoms with E-state index in [-0.39, 0.29) is 0 Å². The van der Waals surface area contributed by atoms with Gasteiger partial charge in [0.1, 0.15) is 6.54 Å². The first-order valence-corrected chi connectivity index (χ1v) is 5.61. The molecular formula is C12H8ClF3N2O. The molecule has 0 amide bonds. The number of carbonyl (C=O) groups excluding carboxylic acids is 1. The van der Waals surface area contributed by atoms with Crippen molar-refractivity contribution >= 4 is 17.9 Å². The van der Waals surface area contributed by atoms with Crippen LogP contribution in [0.3, 0.4) is 0 Å². The lowest BCUT2D eigenvalue weighted by Crippen LogP contribution is -2.17. The first-order valence-electron chi connectivity index (χ1n) is 5.23. The maximum Gasteiger partial charge on any atom is 0.408 e. The van der Waals surface area contributed by atoms with Crippen molar-refractivity contribution < 1.29 is 18.0 Å². The Kier molecular flexibility index (Phi) is 3.61. The Morgan fingerprint density at radius 1 is 1.37 bits per heavy atom. The summed E-state index contributed by atoms with van der Waals surface area (Å²) in [7, 11) is 0. The summed E-state index contributed by atoms with van der Waals surface area (Å²) >= 11 is 5.81. The standard InChI is InChI=1S/C12H8ClF3N2O/c13-10-2-1-8(6-19)11(3-10)9-4-17-18(5-9)7-12(14,15)16/h1-6H,7H2. The van der Waals surface area contributed by atoms with E-state index in [4.69, 9.17) is 11.6 Å². The van der Waals surface area contributed by atoms with Crippen LogP contribution in [0, 0.1) is 0 Å². The maximum absolute atomic E-state index is 12.2. The Morgan fingerprint density at radius 2 is 2.11 bits per heavy atom. The van der Waals surface area contributed by atoms with Gasteiger partial charge in [-0.25, -0.2) is 0 Å². The highest BCUT2D eigenvalue weighted by Gasteiger charge is 2.28. The van der Waals surface area contributed by atoms with Gasteiger partial charge in [-0.2, -0.15) is 18.3 Å². The first kappa shape index (κ1) is 13.6. The number of aromatic nitrogens is 2. The quantitative estimate of drug-likeness (QED) is 0.809. The number of aldehydes is 1. The zero-order valence-corrected chi connectivity index (χ0v) is 10.2. The molecule has 3 nitrogen and oxygen atoms in total. The monoisotopic (exact) mass is 288 g/mol. The van der Waals surface area contributed by atoms with E-state index in [0.29, 0.717) is 28.0 Å². The lowest BCUT2D eigenvalue weighted by atomic mass is 10.0. The molecule has 19 heavy (non-hydrogen) atoms. The van der Waals surface area contributed by atoms with E-state index in [1.807, 2.05) is 0 Å². The summed E-state index contributed by atoms with van der Waals surface area (Å²) in [6.07, 6.45) is -1.23. The van der Waals surface area contributed by atoms with Gasteiger partial charge >= 0.3 is 6.18 Å². The van der Waals surface area contributed by atoms with Gasteiger partial charge in [0.15, 0.2) is 6.29 Å². The van der Waals surface area contributed by atoms with Gasteiger partial charge in [-0.05, 0) is 23.8 Å². The van der Waals surface area contributed by atoms with Crippen molar-refractivity contribution in [3.8, 4) is 11.1 Å². The number of rotatable bonds is 3. The predicted octanol–water partition coefficient (Wildman–Crippen LogP) is 3.58. The maximum atomic E-state index is 12.2. The molecule has 100 valence electrons. The molecule has 0 aliphatic heterocycles. The molecule has 0 aliphatic rings. The third kappa shape index (κ3) is 3.35. The van der Waals surface area contributed by atoms with Crippen LogP contribution in [0.15, 0.2) is 30.6 Å². The molecule has 2 rings (SSSR count). The van der Waals surface area contributed by atoms with Crippen molar-refractivity contribution in [1.29, 1.82) is 0 Å². The molecule has 0 aliphatic carbocycles. The highest BCUT2D eigenvalue weighted by molar-refractivity contribution is 6.31. The fourth-order valence-electron chi connectivity index (χ4n) is 1.65. The predicted molar refractivity (Wildman–Crippen MR) is 64.1 cm³/mol. The summed E-state index contributed by atoms with van der Waals surface area (Å²) in [6, 6.07) is 4.56. The Morgan fingerprint density at radius 3 is 2.74 bits per heavy atom. The second-order valence-corrected chi connectivity index (χ2v) is 4.33. The summed E-state index contributed by atoms with van der Waals surface area (Å²) in [5.74, 6) is 0. The Bertz CT molecular complexity index is 607. The SMILES string of the molecule is O=Cc1ccc(Cl)cc1-c1cnn(CC(F)(F)F)c1. The number of halogens is 4. The third-order valence-corrected chi connectivity index (χ3v) is 2.66. The number of alkyl halides is 3. The molecule has 1 aromatic carbocycles. The molecule has 0 N–H and O–H groups in total. The van der Waals surface area contributed by atoms with Crippen LogP contribution in [-0.2, 0) is 6.54 Å². The molecule has 1 aromatic heterocycles. The molecule has 0 fully saturated rings. The minimum absolute atomic E-state index is 0.343. The van der Waals surface area contributed by atoms with Crippen LogP contribution in [0.1, 0.15) is 10.4 Å². The van der Waals surface area contributed by atoms with Crippen molar-refractivity contribution in [2.24, 2.45) is 0 Å². The molecule has 0 saturated carbocycles. The van der Waals surface area contributed by atoms with Gasteiger partial charge in [0.2, 0.25) is 0 Å². The van der Waals surface area contributed by atoms with Gasteiger partial charge in [0, 0.05) is 22.3 Å². The summed E-state index contributed by atoms with van der Waals surface area (Å²) in [4.78, 5) is 10.9. The van der Waals surface area contributed by atoms with Crippen molar-refractivity contribution in [1.82, 2.24) is 9.78 Å². The third-order valence-electron chi connectivity index (χ3n) is 2.43. The highest BCUT2D eigenvalue weighted by Crippen LogP contribution is 2.26. The van der Waals surface area contributed by atoms with Crippen LogP contribution in [-0.4, -0.2) is 22.2 Å². The van der Waals surface area contributed by atoms with Crippen molar-refractivity contribution in [2.45, 2.75) is 12.7 Å². The molecule has 0 atom stereocenters. The Balaban J connectivity index is 2.37. The van der Waals surface area contributed by atoms with E-state index in [1.165, 1.54) is 30.6 Å². The minimum atomic E-state index is -4.34. The lowest BCUT2D eigenvalue weighted by Gasteiger charge is -2.05. The average Bonchev–Trinajstić information content (AvgIpc) is 2.75. The van der Waals surface area contributed by atoms with Gasteiger partial charge in [-0.3, -0.25) is 9.48 Å². The topological polar surface area (TPSA) is 34.9 Å². The van der Waals surface area contributed by atoms with Crippen molar-refractivity contribution in [3.63, 3.8) is 0 Å². The largest absolute Gasteiger partial charge is 0.408 e. The zero-order valence-electron chi connectivity index (χ0n) is 9.49. The normalized spacial score (nSPS) is 11.6. The van der Waals surface area contributed by atoms with Crippen LogP contribution < -0.4 is 0 Å². The van der Waals surface area contributed by atoms with Crippen LogP contribution in [0.2, 0.25) is 5.02 Å². The Labute approximate surface area is 111 Å². The van der Waals surface area contributed by atoms with E-state index in [2.05, 4.69) is 5.10 Å². The Hall–Kier alpha value is -1.82. The highest BCUT2D eigenvalue weighted by atomic mass is 35.5. The number of benzene rings is 1. The van der Waals surface area contributed by atoms with Crippen molar-refractivity contribution in [2.75, 3.05) is 0 Å². The van der Waals surface area contributed by atoms with E-state index >= 15 is 0 Å². The summed E-state index contributed by atoms with van der Waals surface area (Å²) in [5.41, 5.74) is 1.21. The fraction of sp³-hybridized carbons (Fsp3) is 0.167. The zero-order chi connectivity index (χ0) is 14.0. The number of nitrogens with zero attached hydrogens (tertiary/aromatic N) is 2. The van der Waals surface area contributed by atoms with Crippen LogP contribution >= 0.6 is 11.6 Å². The van der Waals surface area contributed by atoms with Crippen molar-refractivity contribution in [3.05, 3.63) is 41.2 Å². The van der Waals surface area contributed by atoms with Gasteiger partial charge in [0.25, 0.3) is 0 Å². The minimum Gasteiger partial charge on any atom is -0.298 e. The second kappa shape index (κ2) is 5.05. The summed E-state index contributed by atoms with van der Waals surface area (Å²) in [5, 5.41) is 4.01. The summed E-state index contributed by atoms with van der Waals surface area (Å²) < 4.78 is 37.4. The van der Waals surface area contributed by atoms with E-state index in [9.17, 15) is 18.0 Å². The van der Waals surface area contributed by atoms with E-state index < -0.39 is 12.7 Å². The number of hydrogen-bond acceptors (Lipinski definition) is 2.